The number of para-hydroxylation sites is 1. The molecule has 0 saturated heterocycles. The topological polar surface area (TPSA) is 143 Å². The number of hydrogen-bond acceptors (Lipinski definition) is 10. The number of carbonyl (C=O) groups excluding carboxylic acids is 1. The lowest BCUT2D eigenvalue weighted by atomic mass is 9.93. The summed E-state index contributed by atoms with van der Waals surface area (Å²) in [6.45, 7) is 1.84. The van der Waals surface area contributed by atoms with E-state index >= 15 is 0 Å². The summed E-state index contributed by atoms with van der Waals surface area (Å²) >= 11 is 2.69. The third-order valence-electron chi connectivity index (χ3n) is 8.39. The predicted octanol–water partition coefficient (Wildman–Crippen LogP) is 5.76. The fourth-order valence-corrected chi connectivity index (χ4v) is 8.86. The summed E-state index contributed by atoms with van der Waals surface area (Å²) in [4.78, 5) is 45.0. The summed E-state index contributed by atoms with van der Waals surface area (Å²) in [5.74, 6) is -0.595. The van der Waals surface area contributed by atoms with E-state index in [2.05, 4.69) is 0 Å². The molecule has 11 nitrogen and oxygen atoms in total. The minimum Gasteiger partial charge on any atom is -0.463 e. The number of nitrogens with zero attached hydrogens (tertiary/aromatic N) is 4. The lowest BCUT2D eigenvalue weighted by molar-refractivity contribution is -0.385. The molecule has 0 aliphatic carbocycles. The Morgan fingerprint density at radius 2 is 1.75 bits per heavy atom. The average Bonchev–Trinajstić information content (AvgIpc) is 3.68. The molecule has 0 bridgehead atoms. The molecule has 0 N–H and O–H groups in total. The number of thioether (sulfide) groups is 1. The summed E-state index contributed by atoms with van der Waals surface area (Å²) in [7, 11) is -4.28. The van der Waals surface area contributed by atoms with E-state index in [1.807, 2.05) is 60.9 Å². The first-order chi connectivity index (χ1) is 24.6. The van der Waals surface area contributed by atoms with Gasteiger partial charge in [0.25, 0.3) is 21.3 Å². The Balaban J connectivity index is 1.46. The van der Waals surface area contributed by atoms with Crippen molar-refractivity contribution in [1.82, 2.24) is 8.54 Å². The molecule has 2 aromatic heterocycles. The number of rotatable bonds is 9. The van der Waals surface area contributed by atoms with Gasteiger partial charge in [0, 0.05) is 39.7 Å². The van der Waals surface area contributed by atoms with Gasteiger partial charge in [-0.15, -0.1) is 11.8 Å². The van der Waals surface area contributed by atoms with Crippen molar-refractivity contribution < 1.29 is 22.9 Å². The number of non-ortho nitro benzene ring substituents is 1. The minimum atomic E-state index is -4.28. The van der Waals surface area contributed by atoms with Gasteiger partial charge in [-0.2, -0.15) is 0 Å². The van der Waals surface area contributed by atoms with Crippen LogP contribution in [0.15, 0.2) is 134 Å². The number of nitro benzene ring substituents is 1. The molecule has 0 fully saturated rings. The van der Waals surface area contributed by atoms with Crippen molar-refractivity contribution in [3.8, 4) is 0 Å². The van der Waals surface area contributed by atoms with Gasteiger partial charge in [-0.25, -0.2) is 22.2 Å². The van der Waals surface area contributed by atoms with Gasteiger partial charge in [0.15, 0.2) is 4.80 Å². The molecule has 1 atom stereocenters. The zero-order valence-electron chi connectivity index (χ0n) is 27.1. The second kappa shape index (κ2) is 13.6. The van der Waals surface area contributed by atoms with E-state index in [0.717, 1.165) is 26.3 Å². The average molecular weight is 737 g/mol. The van der Waals surface area contributed by atoms with E-state index in [4.69, 9.17) is 9.73 Å². The van der Waals surface area contributed by atoms with Gasteiger partial charge in [-0.1, -0.05) is 78.1 Å². The molecule has 4 aromatic carbocycles. The quantitative estimate of drug-likeness (QED) is 0.0790. The normalized spacial score (nSPS) is 14.7. The van der Waals surface area contributed by atoms with Crippen molar-refractivity contribution in [1.29, 1.82) is 0 Å². The van der Waals surface area contributed by atoms with Crippen LogP contribution in [0.1, 0.15) is 29.7 Å². The summed E-state index contributed by atoms with van der Waals surface area (Å²) < 4.78 is 36.1. The molecule has 14 heteroatoms. The maximum atomic E-state index is 14.5. The molecule has 0 unspecified atom stereocenters. The molecule has 1 aliphatic heterocycles. The van der Waals surface area contributed by atoms with Gasteiger partial charge in [-0.05, 0) is 49.1 Å². The molecule has 51 heavy (non-hydrogen) atoms. The van der Waals surface area contributed by atoms with Gasteiger partial charge >= 0.3 is 5.97 Å². The molecule has 1 aliphatic rings. The van der Waals surface area contributed by atoms with Crippen LogP contribution in [0.25, 0.3) is 22.7 Å². The lowest BCUT2D eigenvalue weighted by Crippen LogP contribution is -2.40. The van der Waals surface area contributed by atoms with E-state index in [1.165, 1.54) is 29.0 Å². The Bertz CT molecular complexity index is 2680. The molecular formula is C37H28N4O7S3. The maximum absolute atomic E-state index is 14.5. The Morgan fingerprint density at radius 3 is 2.45 bits per heavy atom. The number of carbonyl (C=O) groups is 1. The molecule has 0 saturated carbocycles. The number of ether oxygens (including phenoxy) is 1. The summed E-state index contributed by atoms with van der Waals surface area (Å²) in [5.41, 5.74) is 1.95. The van der Waals surface area contributed by atoms with Crippen LogP contribution in [0.2, 0.25) is 0 Å². The van der Waals surface area contributed by atoms with Crippen LogP contribution in [0.4, 0.5) is 5.69 Å². The van der Waals surface area contributed by atoms with Crippen LogP contribution >= 0.6 is 23.1 Å². The first-order valence-electron chi connectivity index (χ1n) is 15.6. The molecule has 7 rings (SSSR count). The first kappa shape index (κ1) is 33.9. The van der Waals surface area contributed by atoms with Gasteiger partial charge in [0.1, 0.15) is 0 Å². The van der Waals surface area contributed by atoms with Crippen molar-refractivity contribution in [2.75, 3.05) is 12.9 Å². The standard InChI is InChI=1S/C37H28N4O7S3/c1-3-48-36(43)32-33(23-10-5-4-6-11-23)38-37-40(34(32)24-16-18-27(49-2)19-17-24)35(42)31(50-37)20-25-22-39(30-15-8-7-14-29(25)30)51(46,47)28-13-9-12-26(21-28)41(44)45/h4-22,34H,3H2,1-2H3/b31-20-/t34-/m0/s1. The Labute approximate surface area is 299 Å². The largest absolute Gasteiger partial charge is 0.463 e. The Morgan fingerprint density at radius 1 is 1.02 bits per heavy atom. The number of aromatic nitrogens is 2. The van der Waals surface area contributed by atoms with Crippen LogP contribution in [-0.4, -0.2) is 40.7 Å². The number of benzene rings is 4. The number of nitro groups is 1. The molecular weight excluding hydrogens is 709 g/mol. The lowest BCUT2D eigenvalue weighted by Gasteiger charge is -2.26. The van der Waals surface area contributed by atoms with Crippen molar-refractivity contribution in [3.63, 3.8) is 0 Å². The van der Waals surface area contributed by atoms with E-state index in [-0.39, 0.29) is 27.3 Å². The molecule has 256 valence electrons. The molecule has 0 spiro atoms. The third-order valence-corrected chi connectivity index (χ3v) is 11.8. The fourth-order valence-electron chi connectivity index (χ4n) is 6.04. The van der Waals surface area contributed by atoms with Crippen LogP contribution in [0.3, 0.4) is 0 Å². The molecule has 3 heterocycles. The van der Waals surface area contributed by atoms with Gasteiger partial charge < -0.3 is 4.74 Å². The van der Waals surface area contributed by atoms with E-state index in [9.17, 15) is 28.1 Å². The second-order valence-corrected chi connectivity index (χ2v) is 15.1. The monoisotopic (exact) mass is 736 g/mol. The van der Waals surface area contributed by atoms with Crippen LogP contribution in [-0.2, 0) is 19.6 Å². The fraction of sp³-hybridized carbons (Fsp3) is 0.108. The highest BCUT2D eigenvalue weighted by Crippen LogP contribution is 2.36. The third kappa shape index (κ3) is 6.11. The SMILES string of the molecule is CCOC(=O)C1=C(c2ccccc2)N=c2s/c(=C\c3cn(S(=O)(=O)c4cccc([N+](=O)[O-])c4)c4ccccc34)c(=O)n2[C@H]1c1ccc(SC)cc1. The van der Waals surface area contributed by atoms with Crippen molar-refractivity contribution >= 4 is 67.5 Å². The van der Waals surface area contributed by atoms with Crippen LogP contribution in [0.5, 0.6) is 0 Å². The Hall–Kier alpha value is -5.57. The first-order valence-corrected chi connectivity index (χ1v) is 19.1. The highest BCUT2D eigenvalue weighted by atomic mass is 32.2. The van der Waals surface area contributed by atoms with Crippen LogP contribution < -0.4 is 14.9 Å². The predicted molar refractivity (Wildman–Crippen MR) is 197 cm³/mol. The minimum absolute atomic E-state index is 0.121. The number of hydrogen-bond donors (Lipinski definition) is 0. The van der Waals surface area contributed by atoms with Gasteiger partial charge in [0.2, 0.25) is 0 Å². The zero-order chi connectivity index (χ0) is 35.9. The molecule has 0 amide bonds. The van der Waals surface area contributed by atoms with E-state index < -0.39 is 32.5 Å². The number of fused-ring (bicyclic) bond motifs is 2. The van der Waals surface area contributed by atoms with Gasteiger partial charge in [-0.3, -0.25) is 19.5 Å². The van der Waals surface area contributed by atoms with Crippen LogP contribution in [0, 0.1) is 10.1 Å². The molecule has 0 radical (unpaired) electrons. The molecule has 6 aromatic rings. The summed E-state index contributed by atoms with van der Waals surface area (Å²) in [6.07, 6.45) is 4.96. The maximum Gasteiger partial charge on any atom is 0.338 e. The number of esters is 1. The number of thiazole rings is 1. The van der Waals surface area contributed by atoms with Crippen molar-refractivity contribution in [2.45, 2.75) is 22.8 Å². The highest BCUT2D eigenvalue weighted by molar-refractivity contribution is 7.98. The summed E-state index contributed by atoms with van der Waals surface area (Å²) in [5, 5.41) is 12.0. The summed E-state index contributed by atoms with van der Waals surface area (Å²) in [6, 6.07) is 27.6. The smallest absolute Gasteiger partial charge is 0.338 e. The van der Waals surface area contributed by atoms with Gasteiger partial charge in [0.05, 0.1) is 43.8 Å². The van der Waals surface area contributed by atoms with E-state index in [0.29, 0.717) is 38.1 Å². The zero-order valence-corrected chi connectivity index (χ0v) is 29.6. The van der Waals surface area contributed by atoms with Crippen molar-refractivity contribution in [2.24, 2.45) is 4.99 Å². The van der Waals surface area contributed by atoms with E-state index in [1.54, 1.807) is 49.0 Å². The highest BCUT2D eigenvalue weighted by Gasteiger charge is 2.35. The van der Waals surface area contributed by atoms with Crippen molar-refractivity contribution in [3.05, 3.63) is 161 Å². The second-order valence-electron chi connectivity index (χ2n) is 11.4. The Kier molecular flexibility index (Phi) is 9.06.